The zero-order chi connectivity index (χ0) is 17.2. The lowest BCUT2D eigenvalue weighted by atomic mass is 10.0. The quantitative estimate of drug-likeness (QED) is 0.866. The first kappa shape index (κ1) is 16.8. The van der Waals surface area contributed by atoms with Gasteiger partial charge in [0.25, 0.3) is 0 Å². The largest absolute Gasteiger partial charge is 0.484 e. The molecule has 2 N–H and O–H groups in total. The van der Waals surface area contributed by atoms with Gasteiger partial charge in [-0.05, 0) is 51.0 Å². The second kappa shape index (κ2) is 6.81. The fourth-order valence-electron chi connectivity index (χ4n) is 2.92. The van der Waals surface area contributed by atoms with E-state index in [1.807, 2.05) is 18.2 Å². The van der Waals surface area contributed by atoms with Crippen molar-refractivity contribution in [3.8, 4) is 5.75 Å². The Kier molecular flexibility index (Phi) is 4.76. The average Bonchev–Trinajstić information content (AvgIpc) is 2.54. The smallest absolute Gasteiger partial charge is 0.143 e. The fraction of sp³-hybridized carbons (Fsp3) is 0.400. The number of rotatable bonds is 5. The van der Waals surface area contributed by atoms with Crippen LogP contribution in [0.5, 0.6) is 5.75 Å². The molecule has 128 valence electrons. The van der Waals surface area contributed by atoms with Crippen LogP contribution in [0.15, 0.2) is 42.5 Å². The van der Waals surface area contributed by atoms with Gasteiger partial charge in [-0.3, -0.25) is 0 Å². The first-order chi connectivity index (χ1) is 11.4. The Morgan fingerprint density at radius 1 is 1.25 bits per heavy atom. The molecule has 0 aromatic heterocycles. The molecule has 0 aliphatic carbocycles. The van der Waals surface area contributed by atoms with E-state index in [0.717, 1.165) is 24.4 Å². The summed E-state index contributed by atoms with van der Waals surface area (Å²) in [4.78, 5) is 0. The van der Waals surface area contributed by atoms with Crippen LogP contribution in [0.4, 0.5) is 10.1 Å². The van der Waals surface area contributed by atoms with E-state index < -0.39 is 0 Å². The zero-order valence-electron chi connectivity index (χ0n) is 14.5. The summed E-state index contributed by atoms with van der Waals surface area (Å²) >= 11 is 0. The minimum Gasteiger partial charge on any atom is -0.484 e. The number of hydrogen-bond acceptors (Lipinski definition) is 3. The number of fused-ring (bicyclic) bond motifs is 1. The van der Waals surface area contributed by atoms with Crippen molar-refractivity contribution in [1.82, 2.24) is 5.32 Å². The Morgan fingerprint density at radius 2 is 2.04 bits per heavy atom. The van der Waals surface area contributed by atoms with Gasteiger partial charge in [-0.25, -0.2) is 4.39 Å². The fourth-order valence-corrected chi connectivity index (χ4v) is 2.92. The molecular weight excluding hydrogens is 303 g/mol. The summed E-state index contributed by atoms with van der Waals surface area (Å²) in [5.41, 5.74) is 2.81. The Labute approximate surface area is 143 Å². The van der Waals surface area contributed by atoms with Crippen LogP contribution in [0.1, 0.15) is 31.9 Å². The predicted octanol–water partition coefficient (Wildman–Crippen LogP) is 4.13. The normalized spacial score (nSPS) is 16.7. The highest BCUT2D eigenvalue weighted by Gasteiger charge is 2.26. The average molecular weight is 328 g/mol. The van der Waals surface area contributed by atoms with Crippen molar-refractivity contribution in [2.24, 2.45) is 0 Å². The van der Waals surface area contributed by atoms with Crippen molar-refractivity contribution in [1.29, 1.82) is 0 Å². The van der Waals surface area contributed by atoms with E-state index in [9.17, 15) is 4.39 Å². The van der Waals surface area contributed by atoms with Gasteiger partial charge in [-0.2, -0.15) is 0 Å². The number of anilines is 1. The molecule has 0 fully saturated rings. The van der Waals surface area contributed by atoms with Gasteiger partial charge in [0.2, 0.25) is 0 Å². The lowest BCUT2D eigenvalue weighted by molar-refractivity contribution is 0.116. The third-order valence-corrected chi connectivity index (χ3v) is 4.28. The summed E-state index contributed by atoms with van der Waals surface area (Å²) in [5, 5.41) is 6.83. The van der Waals surface area contributed by atoms with Crippen molar-refractivity contribution in [3.63, 3.8) is 0 Å². The molecule has 0 amide bonds. The molecule has 0 radical (unpaired) electrons. The Hall–Kier alpha value is -2.07. The van der Waals surface area contributed by atoms with Crippen molar-refractivity contribution < 1.29 is 9.13 Å². The molecule has 4 heteroatoms. The van der Waals surface area contributed by atoms with E-state index >= 15 is 0 Å². The SMILES string of the molecule is CC(Cc1ccc2c(c1)NCC(C)(C)O2)NCc1ccccc1F. The van der Waals surface area contributed by atoms with Gasteiger partial charge in [0.15, 0.2) is 0 Å². The molecule has 3 nitrogen and oxygen atoms in total. The minimum atomic E-state index is -0.177. The second-order valence-electron chi connectivity index (χ2n) is 7.12. The van der Waals surface area contributed by atoms with E-state index in [4.69, 9.17) is 4.74 Å². The number of halogens is 1. The molecule has 1 atom stereocenters. The van der Waals surface area contributed by atoms with E-state index in [2.05, 4.69) is 43.5 Å². The lowest BCUT2D eigenvalue weighted by Gasteiger charge is -2.33. The molecule has 2 aromatic carbocycles. The molecule has 0 saturated heterocycles. The Bertz CT molecular complexity index is 715. The van der Waals surface area contributed by atoms with Gasteiger partial charge in [-0.1, -0.05) is 24.3 Å². The van der Waals surface area contributed by atoms with Gasteiger partial charge in [0, 0.05) is 18.2 Å². The highest BCUT2D eigenvalue weighted by Crippen LogP contribution is 2.33. The van der Waals surface area contributed by atoms with E-state index in [0.29, 0.717) is 12.1 Å². The summed E-state index contributed by atoms with van der Waals surface area (Å²) in [6, 6.07) is 13.4. The maximum atomic E-state index is 13.7. The van der Waals surface area contributed by atoms with Gasteiger partial charge in [0.05, 0.1) is 12.2 Å². The third kappa shape index (κ3) is 4.06. The van der Waals surface area contributed by atoms with Crippen molar-refractivity contribution in [2.45, 2.75) is 45.4 Å². The van der Waals surface area contributed by atoms with Crippen LogP contribution in [0, 0.1) is 5.82 Å². The topological polar surface area (TPSA) is 33.3 Å². The second-order valence-corrected chi connectivity index (χ2v) is 7.12. The lowest BCUT2D eigenvalue weighted by Crippen LogP contribution is -2.40. The molecule has 1 heterocycles. The molecule has 0 spiro atoms. The number of hydrogen-bond donors (Lipinski definition) is 2. The Balaban J connectivity index is 1.59. The predicted molar refractivity (Wildman–Crippen MR) is 96.0 cm³/mol. The highest BCUT2D eigenvalue weighted by atomic mass is 19.1. The maximum absolute atomic E-state index is 13.7. The van der Waals surface area contributed by atoms with Crippen LogP contribution >= 0.6 is 0 Å². The molecule has 1 aliphatic rings. The molecular formula is C20H25FN2O. The number of nitrogens with one attached hydrogen (secondary N) is 2. The maximum Gasteiger partial charge on any atom is 0.143 e. The summed E-state index contributed by atoms with van der Waals surface area (Å²) in [7, 11) is 0. The van der Waals surface area contributed by atoms with Crippen LogP contribution in [0.3, 0.4) is 0 Å². The van der Waals surface area contributed by atoms with Gasteiger partial charge in [-0.15, -0.1) is 0 Å². The van der Waals surface area contributed by atoms with Crippen molar-refractivity contribution in [3.05, 3.63) is 59.4 Å². The van der Waals surface area contributed by atoms with Gasteiger partial charge >= 0.3 is 0 Å². The number of benzene rings is 2. The molecule has 1 unspecified atom stereocenters. The first-order valence-corrected chi connectivity index (χ1v) is 8.45. The Morgan fingerprint density at radius 3 is 2.83 bits per heavy atom. The third-order valence-electron chi connectivity index (χ3n) is 4.28. The molecule has 1 aliphatic heterocycles. The van der Waals surface area contributed by atoms with E-state index in [-0.39, 0.29) is 17.5 Å². The van der Waals surface area contributed by atoms with Crippen LogP contribution in [0.25, 0.3) is 0 Å². The minimum absolute atomic E-state index is 0.157. The zero-order valence-corrected chi connectivity index (χ0v) is 14.5. The molecule has 3 rings (SSSR count). The summed E-state index contributed by atoms with van der Waals surface area (Å²) in [6.45, 7) is 7.60. The summed E-state index contributed by atoms with van der Waals surface area (Å²) in [6.07, 6.45) is 0.882. The summed E-state index contributed by atoms with van der Waals surface area (Å²) in [5.74, 6) is 0.747. The molecule has 0 bridgehead atoms. The first-order valence-electron chi connectivity index (χ1n) is 8.45. The van der Waals surface area contributed by atoms with Crippen molar-refractivity contribution >= 4 is 5.69 Å². The van der Waals surface area contributed by atoms with Crippen LogP contribution in [-0.2, 0) is 13.0 Å². The van der Waals surface area contributed by atoms with Crippen LogP contribution in [0.2, 0.25) is 0 Å². The van der Waals surface area contributed by atoms with Crippen LogP contribution < -0.4 is 15.4 Å². The summed E-state index contributed by atoms with van der Waals surface area (Å²) < 4.78 is 19.6. The van der Waals surface area contributed by atoms with Crippen molar-refractivity contribution in [2.75, 3.05) is 11.9 Å². The highest BCUT2D eigenvalue weighted by molar-refractivity contribution is 5.60. The molecule has 24 heavy (non-hydrogen) atoms. The standard InChI is InChI=1S/C20H25FN2O/c1-14(22-12-16-6-4-5-7-17(16)21)10-15-8-9-19-18(11-15)23-13-20(2,3)24-19/h4-9,11,14,22-23H,10,12-13H2,1-3H3. The molecule has 0 saturated carbocycles. The molecule has 2 aromatic rings. The van der Waals surface area contributed by atoms with E-state index in [1.54, 1.807) is 6.07 Å². The van der Waals surface area contributed by atoms with Gasteiger partial charge < -0.3 is 15.4 Å². The monoisotopic (exact) mass is 328 g/mol. The van der Waals surface area contributed by atoms with Crippen LogP contribution in [-0.4, -0.2) is 18.2 Å². The van der Waals surface area contributed by atoms with Gasteiger partial charge in [0.1, 0.15) is 17.2 Å². The van der Waals surface area contributed by atoms with E-state index in [1.165, 1.54) is 11.6 Å². The number of ether oxygens (including phenoxy) is 1.